The van der Waals surface area contributed by atoms with E-state index in [1.807, 2.05) is 0 Å². The normalized spacial score (nSPS) is 11.7. The largest absolute Gasteiger partial charge is 0.477 e. The number of aryl methyl sites for hydroxylation is 1. The molecule has 1 rings (SSSR count). The molecule has 0 bridgehead atoms. The van der Waals surface area contributed by atoms with Gasteiger partial charge in [0.2, 0.25) is 0 Å². The number of carboxylic acids is 1. The Balaban J connectivity index is 3.17. The van der Waals surface area contributed by atoms with E-state index in [4.69, 9.17) is 5.11 Å². The minimum atomic E-state index is -4.57. The first-order chi connectivity index (χ1) is 5.82. The van der Waals surface area contributed by atoms with E-state index in [1.54, 1.807) is 0 Å². The molecule has 3 nitrogen and oxygen atoms in total. The molecule has 7 heteroatoms. The first-order valence-corrected chi connectivity index (χ1v) is 3.92. The summed E-state index contributed by atoms with van der Waals surface area (Å²) in [7, 11) is 0. The Hall–Kier alpha value is -1.11. The molecule has 1 N–H and O–H groups in total. The number of nitrogens with zero attached hydrogens (tertiary/aromatic N) is 1. The van der Waals surface area contributed by atoms with Crippen molar-refractivity contribution in [2.45, 2.75) is 13.1 Å². The highest BCUT2D eigenvalue weighted by atomic mass is 32.1. The summed E-state index contributed by atoms with van der Waals surface area (Å²) in [6.45, 7) is 1.23. The van der Waals surface area contributed by atoms with Crippen LogP contribution in [0, 0.1) is 6.92 Å². The van der Waals surface area contributed by atoms with Crippen LogP contribution in [0.2, 0.25) is 0 Å². The van der Waals surface area contributed by atoms with Gasteiger partial charge in [0, 0.05) is 0 Å². The highest BCUT2D eigenvalue weighted by molar-refractivity contribution is 7.13. The number of aromatic nitrogens is 1. The monoisotopic (exact) mass is 211 g/mol. The van der Waals surface area contributed by atoms with E-state index in [-0.39, 0.29) is 21.9 Å². The third-order valence-electron chi connectivity index (χ3n) is 1.23. The number of hydrogen-bond acceptors (Lipinski definition) is 3. The number of thiazole rings is 1. The fourth-order valence-corrected chi connectivity index (χ4v) is 1.49. The summed E-state index contributed by atoms with van der Waals surface area (Å²) in [4.78, 5) is 13.1. The predicted octanol–water partition coefficient (Wildman–Crippen LogP) is 2.17. The second kappa shape index (κ2) is 2.99. The van der Waals surface area contributed by atoms with E-state index >= 15 is 0 Å². The van der Waals surface area contributed by atoms with E-state index in [2.05, 4.69) is 4.98 Å². The van der Waals surface area contributed by atoms with Gasteiger partial charge in [0.25, 0.3) is 0 Å². The summed E-state index contributed by atoms with van der Waals surface area (Å²) >= 11 is 0.139. The third kappa shape index (κ3) is 1.97. The van der Waals surface area contributed by atoms with Crippen molar-refractivity contribution in [2.75, 3.05) is 0 Å². The lowest BCUT2D eigenvalue weighted by atomic mass is 10.4. The molecule has 0 radical (unpaired) electrons. The average molecular weight is 211 g/mol. The zero-order valence-corrected chi connectivity index (χ0v) is 7.16. The van der Waals surface area contributed by atoms with Crippen molar-refractivity contribution in [1.82, 2.24) is 4.98 Å². The molecule has 72 valence electrons. The Kier molecular flexibility index (Phi) is 2.29. The molecule has 0 aliphatic carbocycles. The first-order valence-electron chi connectivity index (χ1n) is 3.10. The molecule has 0 fully saturated rings. The summed E-state index contributed by atoms with van der Waals surface area (Å²) < 4.78 is 36.0. The Labute approximate surface area is 74.8 Å². The number of alkyl halides is 3. The van der Waals surface area contributed by atoms with Crippen LogP contribution in [0.1, 0.15) is 20.4 Å². The molecule has 0 aromatic carbocycles. The van der Waals surface area contributed by atoms with Crippen LogP contribution in [0.15, 0.2) is 0 Å². The summed E-state index contributed by atoms with van der Waals surface area (Å²) in [5.74, 6) is -1.38. The topological polar surface area (TPSA) is 50.2 Å². The molecule has 0 aliphatic heterocycles. The van der Waals surface area contributed by atoms with E-state index in [1.165, 1.54) is 6.92 Å². The van der Waals surface area contributed by atoms with Crippen LogP contribution in [0.4, 0.5) is 13.2 Å². The Morgan fingerprint density at radius 1 is 1.54 bits per heavy atom. The van der Waals surface area contributed by atoms with Gasteiger partial charge in [-0.1, -0.05) is 0 Å². The predicted molar refractivity (Wildman–Crippen MR) is 38.8 cm³/mol. The highest BCUT2D eigenvalue weighted by Crippen LogP contribution is 2.33. The molecule has 13 heavy (non-hydrogen) atoms. The van der Waals surface area contributed by atoms with E-state index in [0.717, 1.165) is 0 Å². The number of hydrogen-bond donors (Lipinski definition) is 1. The van der Waals surface area contributed by atoms with Crippen molar-refractivity contribution in [1.29, 1.82) is 0 Å². The third-order valence-corrected chi connectivity index (χ3v) is 2.42. The minimum absolute atomic E-state index is 0.107. The number of halogens is 3. The summed E-state index contributed by atoms with van der Waals surface area (Å²) in [5, 5.41) is 7.33. The van der Waals surface area contributed by atoms with Crippen molar-refractivity contribution >= 4 is 17.3 Å². The minimum Gasteiger partial charge on any atom is -0.477 e. The zero-order valence-electron chi connectivity index (χ0n) is 6.34. The number of aromatic carboxylic acids is 1. The van der Waals surface area contributed by atoms with Gasteiger partial charge in [-0.3, -0.25) is 0 Å². The van der Waals surface area contributed by atoms with Gasteiger partial charge in [0.05, 0.1) is 5.69 Å². The van der Waals surface area contributed by atoms with Crippen LogP contribution in [-0.2, 0) is 6.18 Å². The van der Waals surface area contributed by atoms with Gasteiger partial charge in [-0.25, -0.2) is 9.78 Å². The highest BCUT2D eigenvalue weighted by Gasteiger charge is 2.36. The maximum Gasteiger partial charge on any atom is 0.443 e. The lowest BCUT2D eigenvalue weighted by Crippen LogP contribution is -2.03. The molecule has 1 aromatic heterocycles. The Morgan fingerprint density at radius 3 is 2.31 bits per heavy atom. The summed E-state index contributed by atoms with van der Waals surface area (Å²) in [6, 6.07) is 0. The standard InChI is InChI=1S/C6H4F3NO2S/c1-2-3(4(11)12)13-5(10-2)6(7,8)9/h1H3,(H,11,12). The molecule has 0 aliphatic rings. The molecule has 1 heterocycles. The van der Waals surface area contributed by atoms with Crippen LogP contribution >= 0.6 is 11.3 Å². The average Bonchev–Trinajstić information content (AvgIpc) is 2.29. The van der Waals surface area contributed by atoms with Gasteiger partial charge in [-0.15, -0.1) is 11.3 Å². The van der Waals surface area contributed by atoms with Gasteiger partial charge in [-0.2, -0.15) is 13.2 Å². The quantitative estimate of drug-likeness (QED) is 0.774. The maximum atomic E-state index is 12.0. The van der Waals surface area contributed by atoms with Crippen molar-refractivity contribution in [3.05, 3.63) is 15.6 Å². The summed E-state index contributed by atoms with van der Waals surface area (Å²) in [5.41, 5.74) is -0.107. The van der Waals surface area contributed by atoms with Crippen molar-refractivity contribution in [2.24, 2.45) is 0 Å². The van der Waals surface area contributed by atoms with E-state index in [0.29, 0.717) is 0 Å². The lowest BCUT2D eigenvalue weighted by Gasteiger charge is -1.98. The van der Waals surface area contributed by atoms with Crippen LogP contribution in [-0.4, -0.2) is 16.1 Å². The van der Waals surface area contributed by atoms with Crippen LogP contribution in [0.5, 0.6) is 0 Å². The van der Waals surface area contributed by atoms with Crippen LogP contribution < -0.4 is 0 Å². The van der Waals surface area contributed by atoms with E-state index < -0.39 is 17.2 Å². The van der Waals surface area contributed by atoms with Crippen molar-refractivity contribution in [3.63, 3.8) is 0 Å². The zero-order chi connectivity index (χ0) is 10.2. The Bertz CT molecular complexity index is 344. The molecular formula is C6H4F3NO2S. The van der Waals surface area contributed by atoms with Crippen molar-refractivity contribution < 1.29 is 23.1 Å². The van der Waals surface area contributed by atoms with Gasteiger partial charge >= 0.3 is 12.1 Å². The van der Waals surface area contributed by atoms with Crippen molar-refractivity contribution in [3.8, 4) is 0 Å². The number of carboxylic acid groups (broad SMARTS) is 1. The molecule has 0 saturated carbocycles. The molecule has 1 aromatic rings. The number of carbonyl (C=O) groups is 1. The van der Waals surface area contributed by atoms with Gasteiger partial charge in [-0.05, 0) is 6.92 Å². The second-order valence-corrected chi connectivity index (χ2v) is 3.24. The molecule has 0 spiro atoms. The fraction of sp³-hybridized carbons (Fsp3) is 0.333. The second-order valence-electron chi connectivity index (χ2n) is 2.24. The molecule has 0 atom stereocenters. The van der Waals surface area contributed by atoms with Gasteiger partial charge in [0.1, 0.15) is 4.88 Å². The SMILES string of the molecule is Cc1nc(C(F)(F)F)sc1C(=O)O. The first kappa shape index (κ1) is 9.97. The molecular weight excluding hydrogens is 207 g/mol. The molecule has 0 unspecified atom stereocenters. The smallest absolute Gasteiger partial charge is 0.443 e. The van der Waals surface area contributed by atoms with E-state index in [9.17, 15) is 18.0 Å². The summed E-state index contributed by atoms with van der Waals surface area (Å²) in [6.07, 6.45) is -4.57. The maximum absolute atomic E-state index is 12.0. The number of rotatable bonds is 1. The van der Waals surface area contributed by atoms with Crippen LogP contribution in [0.25, 0.3) is 0 Å². The molecule has 0 saturated heterocycles. The van der Waals surface area contributed by atoms with Gasteiger partial charge in [0.15, 0.2) is 5.01 Å². The molecule has 0 amide bonds. The lowest BCUT2D eigenvalue weighted by molar-refractivity contribution is -0.137. The Morgan fingerprint density at radius 2 is 2.08 bits per heavy atom. The van der Waals surface area contributed by atoms with Crippen LogP contribution in [0.3, 0.4) is 0 Å². The van der Waals surface area contributed by atoms with Gasteiger partial charge < -0.3 is 5.11 Å². The fourth-order valence-electron chi connectivity index (χ4n) is 0.716.